The first-order valence-corrected chi connectivity index (χ1v) is 6.04. The number of alkyl halides is 4. The first-order valence-electron chi connectivity index (χ1n) is 4.80. The lowest BCUT2D eigenvalue weighted by molar-refractivity contribution is -0.155. The number of hydrogen-bond acceptors (Lipinski definition) is 2. The van der Waals surface area contributed by atoms with Crippen molar-refractivity contribution < 1.29 is 22.7 Å². The summed E-state index contributed by atoms with van der Waals surface area (Å²) in [6.07, 6.45) is -5.52. The Bertz CT molecular complexity index is 365. The van der Waals surface area contributed by atoms with Gasteiger partial charge in [0.1, 0.15) is 10.5 Å². The maximum atomic E-state index is 12.0. The normalized spacial score (nSPS) is 13.2. The van der Waals surface area contributed by atoms with E-state index >= 15 is 0 Å². The molecule has 0 radical (unpaired) electrons. The third kappa shape index (κ3) is 5.90. The lowest BCUT2D eigenvalue weighted by Crippen LogP contribution is -2.24. The Morgan fingerprint density at radius 3 is 2.41 bits per heavy atom. The molecule has 0 spiro atoms. The zero-order chi connectivity index (χ0) is 12.9. The average molecular weight is 358 g/mol. The number of halogens is 4. The summed E-state index contributed by atoms with van der Waals surface area (Å²) in [4.78, 5) is 11.3. The summed E-state index contributed by atoms with van der Waals surface area (Å²) in [6, 6.07) is 8.80. The van der Waals surface area contributed by atoms with Crippen LogP contribution in [0.2, 0.25) is 0 Å². The first-order chi connectivity index (χ1) is 7.88. The summed E-state index contributed by atoms with van der Waals surface area (Å²) < 4.78 is 39.6. The van der Waals surface area contributed by atoms with Gasteiger partial charge in [-0.25, -0.2) is 0 Å². The van der Waals surface area contributed by atoms with Gasteiger partial charge in [-0.05, 0) is 5.56 Å². The highest BCUT2D eigenvalue weighted by molar-refractivity contribution is 14.1. The molecule has 1 rings (SSSR count). The van der Waals surface area contributed by atoms with Crippen LogP contribution < -0.4 is 0 Å². The van der Waals surface area contributed by atoms with Crippen LogP contribution in [0.15, 0.2) is 30.3 Å². The largest absolute Gasteiger partial charge is 0.460 e. The van der Waals surface area contributed by atoms with Gasteiger partial charge >= 0.3 is 12.1 Å². The van der Waals surface area contributed by atoms with E-state index in [2.05, 4.69) is 0 Å². The standard InChI is InChI=1S/C11H10F3IO2/c12-11(13,14)6-9(15)10(16)17-7-8-4-2-1-3-5-8/h1-5,9H,6-7H2. The minimum Gasteiger partial charge on any atom is -0.460 e. The molecule has 2 nitrogen and oxygen atoms in total. The minimum absolute atomic E-state index is 0.00294. The third-order valence-corrected chi connectivity index (χ3v) is 2.84. The molecule has 1 atom stereocenters. The van der Waals surface area contributed by atoms with Gasteiger partial charge in [-0.2, -0.15) is 13.2 Å². The fourth-order valence-electron chi connectivity index (χ4n) is 1.11. The van der Waals surface area contributed by atoms with Crippen LogP contribution in [-0.2, 0) is 16.1 Å². The van der Waals surface area contributed by atoms with E-state index in [-0.39, 0.29) is 6.61 Å². The molecule has 1 aromatic rings. The molecule has 17 heavy (non-hydrogen) atoms. The van der Waals surface area contributed by atoms with Gasteiger partial charge in [-0.3, -0.25) is 4.79 Å². The van der Waals surface area contributed by atoms with E-state index in [0.717, 1.165) is 5.56 Å². The molecule has 6 heteroatoms. The number of rotatable bonds is 4. The van der Waals surface area contributed by atoms with Gasteiger partial charge < -0.3 is 4.74 Å². The Balaban J connectivity index is 2.40. The van der Waals surface area contributed by atoms with Crippen LogP contribution in [0, 0.1) is 0 Å². The molecule has 0 fully saturated rings. The monoisotopic (exact) mass is 358 g/mol. The second-order valence-electron chi connectivity index (χ2n) is 3.38. The van der Waals surface area contributed by atoms with Gasteiger partial charge in [-0.1, -0.05) is 52.9 Å². The zero-order valence-electron chi connectivity index (χ0n) is 8.71. The summed E-state index contributed by atoms with van der Waals surface area (Å²) in [5, 5.41) is 0. The van der Waals surface area contributed by atoms with Crippen molar-refractivity contribution in [1.82, 2.24) is 0 Å². The number of hydrogen-bond donors (Lipinski definition) is 0. The summed E-state index contributed by atoms with van der Waals surface area (Å²) in [7, 11) is 0. The molecule has 0 aliphatic rings. The van der Waals surface area contributed by atoms with Gasteiger partial charge in [-0.15, -0.1) is 0 Å². The predicted molar refractivity (Wildman–Crippen MR) is 64.7 cm³/mol. The Morgan fingerprint density at radius 2 is 1.88 bits per heavy atom. The van der Waals surface area contributed by atoms with Crippen LogP contribution >= 0.6 is 22.6 Å². The highest BCUT2D eigenvalue weighted by Crippen LogP contribution is 2.26. The maximum Gasteiger partial charge on any atom is 0.390 e. The molecule has 0 aliphatic carbocycles. The van der Waals surface area contributed by atoms with E-state index in [9.17, 15) is 18.0 Å². The van der Waals surface area contributed by atoms with Crippen LogP contribution in [0.1, 0.15) is 12.0 Å². The third-order valence-electron chi connectivity index (χ3n) is 1.89. The number of carbonyl (C=O) groups is 1. The molecule has 0 saturated heterocycles. The number of carbonyl (C=O) groups excluding carboxylic acids is 1. The zero-order valence-corrected chi connectivity index (χ0v) is 10.9. The topological polar surface area (TPSA) is 26.3 Å². The van der Waals surface area contributed by atoms with Crippen molar-refractivity contribution in [3.63, 3.8) is 0 Å². The van der Waals surface area contributed by atoms with Crippen LogP contribution in [0.5, 0.6) is 0 Å². The SMILES string of the molecule is O=C(OCc1ccccc1)C(I)CC(F)(F)F. The molecule has 0 heterocycles. The lowest BCUT2D eigenvalue weighted by atomic mass is 10.2. The van der Waals surface area contributed by atoms with E-state index in [0.29, 0.717) is 0 Å². The van der Waals surface area contributed by atoms with Gasteiger partial charge in [0.25, 0.3) is 0 Å². The number of benzene rings is 1. The minimum atomic E-state index is -4.35. The smallest absolute Gasteiger partial charge is 0.390 e. The molecule has 0 saturated carbocycles. The molecule has 0 bridgehead atoms. The molecular formula is C11H10F3IO2. The van der Waals surface area contributed by atoms with Gasteiger partial charge in [0, 0.05) is 0 Å². The Hall–Kier alpha value is -0.790. The fraction of sp³-hybridized carbons (Fsp3) is 0.364. The van der Waals surface area contributed by atoms with Gasteiger partial charge in [0.05, 0.1) is 6.42 Å². The van der Waals surface area contributed by atoms with E-state index in [1.807, 2.05) is 0 Å². The summed E-state index contributed by atoms with van der Waals surface area (Å²) in [5.41, 5.74) is 0.747. The second-order valence-corrected chi connectivity index (χ2v) is 4.88. The van der Waals surface area contributed by atoms with Crippen molar-refractivity contribution in [2.45, 2.75) is 23.1 Å². The first kappa shape index (κ1) is 14.3. The molecular weight excluding hydrogens is 348 g/mol. The lowest BCUT2D eigenvalue weighted by Gasteiger charge is -2.12. The van der Waals surface area contributed by atoms with Crippen molar-refractivity contribution >= 4 is 28.6 Å². The number of ether oxygens (including phenoxy) is 1. The maximum absolute atomic E-state index is 12.0. The Kier molecular flexibility index (Phi) is 5.23. The van der Waals surface area contributed by atoms with Crippen molar-refractivity contribution in [2.24, 2.45) is 0 Å². The average Bonchev–Trinajstić information content (AvgIpc) is 2.25. The van der Waals surface area contributed by atoms with Crippen LogP contribution in [0.3, 0.4) is 0 Å². The quantitative estimate of drug-likeness (QED) is 0.468. The van der Waals surface area contributed by atoms with Crippen molar-refractivity contribution in [1.29, 1.82) is 0 Å². The van der Waals surface area contributed by atoms with Crippen LogP contribution in [-0.4, -0.2) is 16.1 Å². The highest BCUT2D eigenvalue weighted by Gasteiger charge is 2.34. The molecule has 0 amide bonds. The second kappa shape index (κ2) is 6.23. The van der Waals surface area contributed by atoms with Crippen LogP contribution in [0.4, 0.5) is 13.2 Å². The summed E-state index contributed by atoms with van der Waals surface area (Å²) in [6.45, 7) is -0.00294. The molecule has 1 aromatic carbocycles. The predicted octanol–water partition coefficient (Wildman–Crippen LogP) is 3.49. The molecule has 0 N–H and O–H groups in total. The van der Waals surface area contributed by atoms with E-state index in [1.54, 1.807) is 30.3 Å². The van der Waals surface area contributed by atoms with E-state index in [4.69, 9.17) is 4.74 Å². The number of esters is 1. The van der Waals surface area contributed by atoms with E-state index in [1.165, 1.54) is 22.6 Å². The molecule has 94 valence electrons. The molecule has 0 aliphatic heterocycles. The Morgan fingerprint density at radius 1 is 1.29 bits per heavy atom. The Labute approximate surface area is 110 Å². The van der Waals surface area contributed by atoms with Gasteiger partial charge in [0.15, 0.2) is 0 Å². The highest BCUT2D eigenvalue weighted by atomic mass is 127. The molecule has 0 aromatic heterocycles. The summed E-state index contributed by atoms with van der Waals surface area (Å²) in [5.74, 6) is -0.841. The van der Waals surface area contributed by atoms with Crippen molar-refractivity contribution in [3.05, 3.63) is 35.9 Å². The summed E-state index contributed by atoms with van der Waals surface area (Å²) >= 11 is 1.44. The fourth-order valence-corrected chi connectivity index (χ4v) is 1.78. The van der Waals surface area contributed by atoms with Gasteiger partial charge in [0.2, 0.25) is 0 Å². The molecule has 1 unspecified atom stereocenters. The van der Waals surface area contributed by atoms with Crippen molar-refractivity contribution in [2.75, 3.05) is 0 Å². The van der Waals surface area contributed by atoms with Crippen molar-refractivity contribution in [3.8, 4) is 0 Å². The van der Waals surface area contributed by atoms with Crippen LogP contribution in [0.25, 0.3) is 0 Å². The van der Waals surface area contributed by atoms with E-state index < -0.39 is 22.5 Å².